The van der Waals surface area contributed by atoms with Gasteiger partial charge in [0, 0.05) is 0 Å². The molecule has 0 aromatic heterocycles. The molecule has 8 nitrogen and oxygen atoms in total. The van der Waals surface area contributed by atoms with Gasteiger partial charge in [0.05, 0.1) is 18.9 Å². The summed E-state index contributed by atoms with van der Waals surface area (Å²) in [7, 11) is -4.74. The summed E-state index contributed by atoms with van der Waals surface area (Å²) >= 11 is 0. The first-order chi connectivity index (χ1) is 6.22. The third-order valence-electron chi connectivity index (χ3n) is 1.19. The SMILES string of the molecule is O=C(O)C[C@@H](COS(=O)(=O)O)C(=O)O. The van der Waals surface area contributed by atoms with Gasteiger partial charge in [0.15, 0.2) is 0 Å². The molecule has 82 valence electrons. The minimum atomic E-state index is -4.74. The Morgan fingerprint density at radius 1 is 1.29 bits per heavy atom. The molecule has 14 heavy (non-hydrogen) atoms. The fraction of sp³-hybridized carbons (Fsp3) is 0.600. The minimum Gasteiger partial charge on any atom is -0.481 e. The van der Waals surface area contributed by atoms with Gasteiger partial charge in [-0.1, -0.05) is 0 Å². The molecule has 0 aliphatic carbocycles. The van der Waals surface area contributed by atoms with Crippen molar-refractivity contribution in [3.05, 3.63) is 0 Å². The Morgan fingerprint density at radius 2 is 1.79 bits per heavy atom. The zero-order valence-electron chi connectivity index (χ0n) is 6.78. The summed E-state index contributed by atoms with van der Waals surface area (Å²) in [6, 6.07) is 0. The molecule has 1 atom stereocenters. The number of carboxylic acids is 2. The van der Waals surface area contributed by atoms with Crippen LogP contribution in [-0.4, -0.2) is 41.7 Å². The van der Waals surface area contributed by atoms with Gasteiger partial charge in [-0.2, -0.15) is 8.42 Å². The summed E-state index contributed by atoms with van der Waals surface area (Å²) in [6.45, 7) is -0.916. The third kappa shape index (κ3) is 6.34. The molecule has 0 rings (SSSR count). The van der Waals surface area contributed by atoms with Crippen molar-refractivity contribution in [2.75, 3.05) is 6.61 Å². The molecule has 0 bridgehead atoms. The van der Waals surface area contributed by atoms with E-state index in [0.717, 1.165) is 0 Å². The smallest absolute Gasteiger partial charge is 0.397 e. The van der Waals surface area contributed by atoms with Gasteiger partial charge in [-0.15, -0.1) is 0 Å². The van der Waals surface area contributed by atoms with Gasteiger partial charge in [-0.25, -0.2) is 4.18 Å². The molecule has 0 radical (unpaired) electrons. The average Bonchev–Trinajstić information content (AvgIpc) is 1.94. The molecular weight excluding hydrogens is 220 g/mol. The molecule has 0 heterocycles. The summed E-state index contributed by atoms with van der Waals surface area (Å²) < 4.78 is 31.9. The molecule has 3 N–H and O–H groups in total. The van der Waals surface area contributed by atoms with E-state index in [9.17, 15) is 18.0 Å². The van der Waals surface area contributed by atoms with Crippen LogP contribution >= 0.6 is 0 Å². The van der Waals surface area contributed by atoms with Gasteiger partial charge in [0.1, 0.15) is 0 Å². The van der Waals surface area contributed by atoms with Crippen LogP contribution in [0.15, 0.2) is 0 Å². The van der Waals surface area contributed by atoms with Crippen LogP contribution in [0.3, 0.4) is 0 Å². The first-order valence-corrected chi connectivity index (χ1v) is 4.65. The lowest BCUT2D eigenvalue weighted by Crippen LogP contribution is -2.24. The van der Waals surface area contributed by atoms with E-state index in [0.29, 0.717) is 0 Å². The number of hydrogen-bond acceptors (Lipinski definition) is 5. The van der Waals surface area contributed by atoms with Gasteiger partial charge in [0.2, 0.25) is 0 Å². The molecule has 0 saturated carbocycles. The Hall–Kier alpha value is -1.19. The van der Waals surface area contributed by atoms with Crippen molar-refractivity contribution in [2.24, 2.45) is 5.92 Å². The van der Waals surface area contributed by atoms with E-state index in [1.165, 1.54) is 0 Å². The molecule has 0 aliphatic heterocycles. The molecule has 0 aromatic carbocycles. The Morgan fingerprint density at radius 3 is 2.07 bits per heavy atom. The number of carboxylic acid groups (broad SMARTS) is 2. The van der Waals surface area contributed by atoms with E-state index in [4.69, 9.17) is 14.8 Å². The highest BCUT2D eigenvalue weighted by molar-refractivity contribution is 7.80. The molecular formula is C5H8O8S. The highest BCUT2D eigenvalue weighted by Crippen LogP contribution is 2.05. The number of carbonyl (C=O) groups is 2. The average molecular weight is 228 g/mol. The van der Waals surface area contributed by atoms with Crippen LogP contribution in [-0.2, 0) is 24.2 Å². The monoisotopic (exact) mass is 228 g/mol. The number of hydrogen-bond donors (Lipinski definition) is 3. The lowest BCUT2D eigenvalue weighted by molar-refractivity contribution is -0.149. The maximum absolute atomic E-state index is 10.3. The van der Waals surface area contributed by atoms with Crippen LogP contribution in [0.5, 0.6) is 0 Å². The normalized spacial score (nSPS) is 13.5. The largest absolute Gasteiger partial charge is 0.481 e. The summed E-state index contributed by atoms with van der Waals surface area (Å²) in [5.41, 5.74) is 0. The van der Waals surface area contributed by atoms with Crippen LogP contribution in [0.4, 0.5) is 0 Å². The van der Waals surface area contributed by atoms with Crippen LogP contribution in [0.25, 0.3) is 0 Å². The molecule has 0 fully saturated rings. The van der Waals surface area contributed by atoms with E-state index in [-0.39, 0.29) is 0 Å². The maximum Gasteiger partial charge on any atom is 0.397 e. The van der Waals surface area contributed by atoms with Crippen molar-refractivity contribution in [3.8, 4) is 0 Å². The maximum atomic E-state index is 10.3. The first kappa shape index (κ1) is 12.8. The topological polar surface area (TPSA) is 138 Å². The van der Waals surface area contributed by atoms with Gasteiger partial charge in [-0.3, -0.25) is 14.1 Å². The van der Waals surface area contributed by atoms with Crippen LogP contribution in [0.2, 0.25) is 0 Å². The predicted octanol–water partition coefficient (Wildman–Crippen LogP) is -1.02. The molecule has 0 aromatic rings. The Kier molecular flexibility index (Phi) is 4.47. The van der Waals surface area contributed by atoms with Crippen molar-refractivity contribution < 1.29 is 37.0 Å². The molecule has 9 heteroatoms. The van der Waals surface area contributed by atoms with E-state index in [1.54, 1.807) is 0 Å². The fourth-order valence-corrected chi connectivity index (χ4v) is 0.933. The van der Waals surface area contributed by atoms with Crippen molar-refractivity contribution in [3.63, 3.8) is 0 Å². The van der Waals surface area contributed by atoms with E-state index in [2.05, 4.69) is 4.18 Å². The van der Waals surface area contributed by atoms with Crippen molar-refractivity contribution in [1.82, 2.24) is 0 Å². The molecule has 0 saturated heterocycles. The fourth-order valence-electron chi connectivity index (χ4n) is 0.596. The van der Waals surface area contributed by atoms with Crippen molar-refractivity contribution in [1.29, 1.82) is 0 Å². The molecule has 0 spiro atoms. The molecule has 0 amide bonds. The second-order valence-electron chi connectivity index (χ2n) is 2.35. The Bertz CT molecular complexity index is 317. The Labute approximate surface area is 79.1 Å². The van der Waals surface area contributed by atoms with Crippen molar-refractivity contribution >= 4 is 22.3 Å². The minimum absolute atomic E-state index is 0.787. The van der Waals surface area contributed by atoms with Crippen LogP contribution < -0.4 is 0 Å². The van der Waals surface area contributed by atoms with Gasteiger partial charge in [0.25, 0.3) is 0 Å². The quantitative estimate of drug-likeness (QED) is 0.491. The van der Waals surface area contributed by atoms with Crippen molar-refractivity contribution in [2.45, 2.75) is 6.42 Å². The second-order valence-corrected chi connectivity index (χ2v) is 3.44. The van der Waals surface area contributed by atoms with Gasteiger partial charge >= 0.3 is 22.3 Å². The van der Waals surface area contributed by atoms with E-state index >= 15 is 0 Å². The van der Waals surface area contributed by atoms with E-state index < -0.39 is 41.3 Å². The summed E-state index contributed by atoms with van der Waals surface area (Å²) in [5, 5.41) is 16.6. The van der Waals surface area contributed by atoms with E-state index in [1.807, 2.05) is 0 Å². The van der Waals surface area contributed by atoms with Gasteiger partial charge in [-0.05, 0) is 0 Å². The lowest BCUT2D eigenvalue weighted by atomic mass is 10.1. The molecule has 0 unspecified atom stereocenters. The Balaban J connectivity index is 4.25. The highest BCUT2D eigenvalue weighted by atomic mass is 32.3. The van der Waals surface area contributed by atoms with Gasteiger partial charge < -0.3 is 10.2 Å². The zero-order valence-corrected chi connectivity index (χ0v) is 7.60. The summed E-state index contributed by atoms with van der Waals surface area (Å²) in [6.07, 6.45) is -0.787. The summed E-state index contributed by atoms with van der Waals surface area (Å²) in [5.74, 6) is -4.44. The third-order valence-corrected chi connectivity index (χ3v) is 1.62. The number of aliphatic carboxylic acids is 2. The lowest BCUT2D eigenvalue weighted by Gasteiger charge is -2.07. The summed E-state index contributed by atoms with van der Waals surface area (Å²) in [4.78, 5) is 20.4. The highest BCUT2D eigenvalue weighted by Gasteiger charge is 2.23. The first-order valence-electron chi connectivity index (χ1n) is 3.29. The number of rotatable bonds is 6. The molecule has 0 aliphatic rings. The van der Waals surface area contributed by atoms with Crippen LogP contribution in [0.1, 0.15) is 6.42 Å². The van der Waals surface area contributed by atoms with Crippen LogP contribution in [0, 0.1) is 5.92 Å². The standard InChI is InChI=1S/C5H8O8S/c6-4(7)1-3(5(8)9)2-13-14(10,11)12/h3H,1-2H2,(H,6,7)(H,8,9)(H,10,11,12)/t3-/m0/s1. The zero-order chi connectivity index (χ0) is 11.4. The predicted molar refractivity (Wildman–Crippen MR) is 40.9 cm³/mol. The second kappa shape index (κ2) is 4.88.